The first-order valence-corrected chi connectivity index (χ1v) is 12.5. The van der Waals surface area contributed by atoms with Gasteiger partial charge in [-0.3, -0.25) is 4.79 Å². The Morgan fingerprint density at radius 1 is 1.03 bits per heavy atom. The van der Waals surface area contributed by atoms with Gasteiger partial charge in [0.05, 0.1) is 23.8 Å². The second kappa shape index (κ2) is 9.65. The molecule has 1 fully saturated rings. The van der Waals surface area contributed by atoms with Gasteiger partial charge in [-0.05, 0) is 54.1 Å². The van der Waals surface area contributed by atoms with Gasteiger partial charge in [0.25, 0.3) is 5.91 Å². The van der Waals surface area contributed by atoms with Gasteiger partial charge in [0.2, 0.25) is 10.0 Å². The van der Waals surface area contributed by atoms with Crippen molar-refractivity contribution in [3.8, 4) is 17.2 Å². The molecule has 0 aromatic heterocycles. The third kappa shape index (κ3) is 5.00. The molecule has 1 atom stereocenters. The van der Waals surface area contributed by atoms with E-state index in [0.29, 0.717) is 31.1 Å². The minimum atomic E-state index is -3.81. The highest BCUT2D eigenvalue weighted by molar-refractivity contribution is 7.89. The number of carbonyl (C=O) groups excluding carboxylic acids is 1. The maximum Gasteiger partial charge on any atom is 0.265 e. The molecule has 1 N–H and O–H groups in total. The van der Waals surface area contributed by atoms with Gasteiger partial charge < -0.3 is 19.5 Å². The zero-order chi connectivity index (χ0) is 24.4. The van der Waals surface area contributed by atoms with E-state index < -0.39 is 27.9 Å². The summed E-state index contributed by atoms with van der Waals surface area (Å²) in [7, 11) is -3.81. The molecule has 1 saturated heterocycles. The van der Waals surface area contributed by atoms with E-state index in [1.807, 2.05) is 18.2 Å². The van der Waals surface area contributed by atoms with Crippen molar-refractivity contribution >= 4 is 21.6 Å². The van der Waals surface area contributed by atoms with E-state index >= 15 is 0 Å². The molecule has 0 bridgehead atoms. The summed E-state index contributed by atoms with van der Waals surface area (Å²) in [6.45, 7) is 1.11. The van der Waals surface area contributed by atoms with E-state index in [4.69, 9.17) is 14.2 Å². The topological polar surface area (TPSA) is 94.2 Å². The average Bonchev–Trinajstić information content (AvgIpc) is 3.31. The van der Waals surface area contributed by atoms with Crippen LogP contribution >= 0.6 is 0 Å². The summed E-state index contributed by atoms with van der Waals surface area (Å²) in [4.78, 5) is 13.1. The maximum atomic E-state index is 13.3. The highest BCUT2D eigenvalue weighted by atomic mass is 32.2. The summed E-state index contributed by atoms with van der Waals surface area (Å²) in [6.07, 6.45) is -0.382. The van der Waals surface area contributed by atoms with Crippen molar-refractivity contribution in [1.29, 1.82) is 0 Å². The second-order valence-electron chi connectivity index (χ2n) is 8.14. The summed E-state index contributed by atoms with van der Waals surface area (Å²) >= 11 is 0. The summed E-state index contributed by atoms with van der Waals surface area (Å²) in [5.41, 5.74) is 1.08. The van der Waals surface area contributed by atoms with Crippen LogP contribution in [0.25, 0.3) is 0 Å². The van der Waals surface area contributed by atoms with Crippen LogP contribution in [0.1, 0.15) is 5.56 Å². The highest BCUT2D eigenvalue weighted by Crippen LogP contribution is 2.34. The fourth-order valence-electron chi connectivity index (χ4n) is 3.96. The fourth-order valence-corrected chi connectivity index (χ4v) is 5.40. The number of carbonyl (C=O) groups is 1. The summed E-state index contributed by atoms with van der Waals surface area (Å²) in [5, 5.41) is 2.76. The number of nitrogens with zero attached hydrogens (tertiary/aromatic N) is 1. The molecule has 3 aromatic carbocycles. The molecule has 1 amide bonds. The van der Waals surface area contributed by atoms with Crippen LogP contribution in [-0.4, -0.2) is 51.0 Å². The zero-order valence-electron chi connectivity index (χ0n) is 18.6. The largest absolute Gasteiger partial charge is 0.480 e. The molecule has 182 valence electrons. The van der Waals surface area contributed by atoms with E-state index in [1.165, 1.54) is 46.8 Å². The number of nitrogens with one attached hydrogen (secondary N) is 1. The van der Waals surface area contributed by atoms with Crippen LogP contribution in [-0.2, 0) is 26.0 Å². The fraction of sp³-hybridized carbons (Fsp3) is 0.240. The van der Waals surface area contributed by atoms with Gasteiger partial charge in [-0.15, -0.1) is 0 Å². The van der Waals surface area contributed by atoms with Gasteiger partial charge in [0, 0.05) is 19.5 Å². The van der Waals surface area contributed by atoms with E-state index in [9.17, 15) is 17.6 Å². The van der Waals surface area contributed by atoms with Crippen LogP contribution in [0, 0.1) is 5.82 Å². The molecule has 0 spiro atoms. The Hall–Kier alpha value is -3.47. The van der Waals surface area contributed by atoms with Crippen molar-refractivity contribution in [1.82, 2.24) is 4.31 Å². The monoisotopic (exact) mass is 498 g/mol. The van der Waals surface area contributed by atoms with Gasteiger partial charge >= 0.3 is 0 Å². The molecule has 2 aliphatic rings. The van der Waals surface area contributed by atoms with Crippen LogP contribution in [0.5, 0.6) is 17.2 Å². The van der Waals surface area contributed by atoms with Crippen LogP contribution in [0.3, 0.4) is 0 Å². The first-order chi connectivity index (χ1) is 16.9. The van der Waals surface area contributed by atoms with Crippen LogP contribution in [0.4, 0.5) is 10.1 Å². The number of sulfonamides is 1. The van der Waals surface area contributed by atoms with Crippen molar-refractivity contribution in [2.75, 3.05) is 31.6 Å². The minimum Gasteiger partial charge on any atom is -0.480 e. The smallest absolute Gasteiger partial charge is 0.265 e. The minimum absolute atomic E-state index is 0.0109. The number of ether oxygens (including phenoxy) is 3. The van der Waals surface area contributed by atoms with Crippen molar-refractivity contribution in [2.24, 2.45) is 0 Å². The molecule has 35 heavy (non-hydrogen) atoms. The van der Waals surface area contributed by atoms with Gasteiger partial charge in [-0.25, -0.2) is 12.8 Å². The number of morpholine rings is 1. The summed E-state index contributed by atoms with van der Waals surface area (Å²) in [5.74, 6) is 0.317. The van der Waals surface area contributed by atoms with Crippen molar-refractivity contribution in [3.05, 3.63) is 78.1 Å². The highest BCUT2D eigenvalue weighted by Gasteiger charge is 2.31. The average molecular weight is 499 g/mol. The first kappa shape index (κ1) is 23.3. The van der Waals surface area contributed by atoms with E-state index in [2.05, 4.69) is 5.32 Å². The molecule has 0 saturated carbocycles. The Balaban J connectivity index is 1.44. The van der Waals surface area contributed by atoms with Crippen LogP contribution < -0.4 is 14.8 Å². The lowest BCUT2D eigenvalue weighted by atomic mass is 10.1. The predicted octanol–water partition coefficient (Wildman–Crippen LogP) is 3.58. The number of hydrogen-bond donors (Lipinski definition) is 1. The molecular formula is C25H23FN2O6S. The number of amides is 1. The zero-order valence-corrected chi connectivity index (χ0v) is 19.5. The summed E-state index contributed by atoms with van der Waals surface area (Å²) in [6, 6.07) is 17.0. The number of anilines is 1. The van der Waals surface area contributed by atoms with E-state index in [-0.39, 0.29) is 29.4 Å². The van der Waals surface area contributed by atoms with E-state index in [0.717, 1.165) is 5.56 Å². The normalized spacial score (nSPS) is 17.9. The lowest BCUT2D eigenvalue weighted by Gasteiger charge is -2.26. The molecule has 0 radical (unpaired) electrons. The lowest BCUT2D eigenvalue weighted by molar-refractivity contribution is -0.122. The second-order valence-corrected chi connectivity index (χ2v) is 10.1. The standard InChI is InChI=1S/C25H23FN2O6S/c26-18-5-7-19(8-6-18)33-23-10-9-20(35(30,31)28-11-13-32-14-12-28)16-21(23)27-25(29)24-15-17-3-1-2-4-22(17)34-24/h1-10,16,24H,11-15H2,(H,27,29)/t24-/m1/s1. The predicted molar refractivity (Wildman–Crippen MR) is 126 cm³/mol. The molecule has 10 heteroatoms. The molecule has 2 aliphatic heterocycles. The number of halogens is 1. The lowest BCUT2D eigenvalue weighted by Crippen LogP contribution is -2.40. The van der Waals surface area contributed by atoms with Gasteiger partial charge in [0.1, 0.15) is 17.3 Å². The Labute approximate surface area is 202 Å². The SMILES string of the molecule is O=C(Nc1cc(S(=O)(=O)N2CCOCC2)ccc1Oc1ccc(F)cc1)[C@H]1Cc2ccccc2O1. The summed E-state index contributed by atoms with van der Waals surface area (Å²) < 4.78 is 57.9. The Morgan fingerprint density at radius 3 is 2.51 bits per heavy atom. The van der Waals surface area contributed by atoms with Crippen LogP contribution in [0.2, 0.25) is 0 Å². The first-order valence-electron chi connectivity index (χ1n) is 11.1. The Bertz CT molecular complexity index is 1320. The van der Waals surface area contributed by atoms with E-state index in [1.54, 1.807) is 6.07 Å². The van der Waals surface area contributed by atoms with Crippen LogP contribution in [0.15, 0.2) is 71.6 Å². The van der Waals surface area contributed by atoms with Crippen molar-refractivity contribution in [2.45, 2.75) is 17.4 Å². The number of rotatable bonds is 6. The molecule has 0 aliphatic carbocycles. The van der Waals surface area contributed by atoms with Gasteiger partial charge in [-0.2, -0.15) is 4.31 Å². The number of hydrogen-bond acceptors (Lipinski definition) is 6. The third-order valence-electron chi connectivity index (χ3n) is 5.80. The van der Waals surface area contributed by atoms with Gasteiger partial charge in [-0.1, -0.05) is 18.2 Å². The van der Waals surface area contributed by atoms with Gasteiger partial charge in [0.15, 0.2) is 11.9 Å². The molecule has 0 unspecified atom stereocenters. The number of fused-ring (bicyclic) bond motifs is 1. The molecule has 2 heterocycles. The quantitative estimate of drug-likeness (QED) is 0.558. The van der Waals surface area contributed by atoms with Crippen molar-refractivity contribution in [3.63, 3.8) is 0 Å². The Kier molecular flexibility index (Phi) is 6.42. The maximum absolute atomic E-state index is 13.3. The number of para-hydroxylation sites is 1. The molecule has 5 rings (SSSR count). The van der Waals surface area contributed by atoms with Crippen molar-refractivity contribution < 1.29 is 31.8 Å². The number of benzene rings is 3. The molecule has 8 nitrogen and oxygen atoms in total. The Morgan fingerprint density at radius 2 is 1.77 bits per heavy atom. The third-order valence-corrected chi connectivity index (χ3v) is 7.69. The molecule has 3 aromatic rings. The molecular weight excluding hydrogens is 475 g/mol.